The van der Waals surface area contributed by atoms with Crippen molar-refractivity contribution in [2.45, 2.75) is 31.7 Å². The number of benzene rings is 2. The normalized spacial score (nSPS) is 15.9. The van der Waals surface area contributed by atoms with Crippen LogP contribution >= 0.6 is 12.4 Å². The first kappa shape index (κ1) is 19.5. The van der Waals surface area contributed by atoms with E-state index in [-0.39, 0.29) is 17.8 Å². The highest BCUT2D eigenvalue weighted by molar-refractivity contribution is 5.85. The van der Waals surface area contributed by atoms with Gasteiger partial charge in [0.2, 0.25) is 11.7 Å². The highest BCUT2D eigenvalue weighted by Crippen LogP contribution is 2.41. The lowest BCUT2D eigenvalue weighted by Crippen LogP contribution is -2.35. The van der Waals surface area contributed by atoms with Gasteiger partial charge in [-0.3, -0.25) is 0 Å². The van der Waals surface area contributed by atoms with Crippen LogP contribution in [0.3, 0.4) is 0 Å². The maximum Gasteiger partial charge on any atom is 0.237 e. The molecule has 1 saturated heterocycles. The molecule has 2 heterocycles. The van der Waals surface area contributed by atoms with E-state index in [1.165, 1.54) is 11.1 Å². The molecule has 3 aromatic rings. The van der Waals surface area contributed by atoms with Crippen molar-refractivity contribution >= 4 is 12.4 Å². The van der Waals surface area contributed by atoms with Gasteiger partial charge in [-0.15, -0.1) is 12.4 Å². The van der Waals surface area contributed by atoms with Gasteiger partial charge in [0, 0.05) is 25.3 Å². The third-order valence-electron chi connectivity index (χ3n) is 5.23. The smallest absolute Gasteiger partial charge is 0.237 e. The van der Waals surface area contributed by atoms with E-state index in [1.54, 1.807) is 0 Å². The summed E-state index contributed by atoms with van der Waals surface area (Å²) in [6.45, 7) is 4.00. The molecule has 5 nitrogen and oxygen atoms in total. The molecule has 2 aromatic carbocycles. The Kier molecular flexibility index (Phi) is 5.95. The summed E-state index contributed by atoms with van der Waals surface area (Å²) in [6.07, 6.45) is 1.67. The van der Waals surface area contributed by atoms with Gasteiger partial charge in [-0.2, -0.15) is 4.98 Å². The van der Waals surface area contributed by atoms with E-state index in [0.29, 0.717) is 31.5 Å². The van der Waals surface area contributed by atoms with Crippen molar-refractivity contribution in [1.29, 1.82) is 0 Å². The molecule has 0 radical (unpaired) electrons. The van der Waals surface area contributed by atoms with E-state index in [9.17, 15) is 0 Å². The monoisotopic (exact) mass is 385 g/mol. The summed E-state index contributed by atoms with van der Waals surface area (Å²) in [6, 6.07) is 16.6. The molecule has 0 amide bonds. The molecule has 0 atom stereocenters. The SMILES string of the molecule is Cc1ccc(C2(c3nc(-c4ccc(CN)cc4)no3)CCOCC2)cc1.Cl. The van der Waals surface area contributed by atoms with E-state index >= 15 is 0 Å². The molecule has 0 spiro atoms. The lowest BCUT2D eigenvalue weighted by Gasteiger charge is -2.34. The Hall–Kier alpha value is -2.21. The molecule has 1 aliphatic rings. The molecule has 0 bridgehead atoms. The van der Waals surface area contributed by atoms with Crippen LogP contribution in [0.2, 0.25) is 0 Å². The minimum absolute atomic E-state index is 0. The third-order valence-corrected chi connectivity index (χ3v) is 5.23. The van der Waals surface area contributed by atoms with Crippen LogP contribution in [0.15, 0.2) is 53.1 Å². The molecule has 6 heteroatoms. The van der Waals surface area contributed by atoms with Crippen LogP contribution in [0.1, 0.15) is 35.4 Å². The first-order valence-corrected chi connectivity index (χ1v) is 9.00. The lowest BCUT2D eigenvalue weighted by atomic mass is 9.74. The van der Waals surface area contributed by atoms with Gasteiger partial charge in [0.1, 0.15) is 0 Å². The fourth-order valence-electron chi connectivity index (χ4n) is 3.54. The molecule has 4 rings (SSSR count). The van der Waals surface area contributed by atoms with Crippen LogP contribution in [-0.4, -0.2) is 23.4 Å². The Morgan fingerprint density at radius 3 is 2.30 bits per heavy atom. The quantitative estimate of drug-likeness (QED) is 0.734. The standard InChI is InChI=1S/C21H23N3O2.ClH/c1-15-2-8-18(9-3-15)21(10-12-25-13-11-21)20-23-19(24-26-20)17-6-4-16(14-22)5-7-17;/h2-9H,10-14,22H2,1H3;1H. The summed E-state index contributed by atoms with van der Waals surface area (Å²) in [5.74, 6) is 1.28. The average Bonchev–Trinajstić information content (AvgIpc) is 3.20. The Morgan fingerprint density at radius 2 is 1.67 bits per heavy atom. The molecule has 27 heavy (non-hydrogen) atoms. The van der Waals surface area contributed by atoms with Crippen molar-refractivity contribution in [1.82, 2.24) is 10.1 Å². The second-order valence-corrected chi connectivity index (χ2v) is 6.88. The summed E-state index contributed by atoms with van der Waals surface area (Å²) in [7, 11) is 0. The van der Waals surface area contributed by atoms with Crippen LogP contribution in [0, 0.1) is 6.92 Å². The van der Waals surface area contributed by atoms with Crippen molar-refractivity contribution < 1.29 is 9.26 Å². The van der Waals surface area contributed by atoms with Crippen LogP contribution in [0.5, 0.6) is 0 Å². The second-order valence-electron chi connectivity index (χ2n) is 6.88. The van der Waals surface area contributed by atoms with Gasteiger partial charge in [0.15, 0.2) is 0 Å². The van der Waals surface area contributed by atoms with Gasteiger partial charge in [-0.1, -0.05) is 59.3 Å². The van der Waals surface area contributed by atoms with E-state index < -0.39 is 0 Å². The van der Waals surface area contributed by atoms with Gasteiger partial charge in [0.05, 0.1) is 5.41 Å². The highest BCUT2D eigenvalue weighted by atomic mass is 35.5. The molecule has 0 saturated carbocycles. The van der Waals surface area contributed by atoms with Crippen molar-refractivity contribution in [3.63, 3.8) is 0 Å². The van der Waals surface area contributed by atoms with Crippen molar-refractivity contribution in [3.8, 4) is 11.4 Å². The highest BCUT2D eigenvalue weighted by Gasteiger charge is 2.41. The number of nitrogens with zero attached hydrogens (tertiary/aromatic N) is 2. The Balaban J connectivity index is 0.00000210. The number of nitrogens with two attached hydrogens (primary N) is 1. The van der Waals surface area contributed by atoms with E-state index in [4.69, 9.17) is 20.0 Å². The zero-order chi connectivity index (χ0) is 18.0. The number of hydrogen-bond donors (Lipinski definition) is 1. The van der Waals surface area contributed by atoms with Gasteiger partial charge in [0.25, 0.3) is 0 Å². The van der Waals surface area contributed by atoms with Crippen molar-refractivity contribution in [2.24, 2.45) is 5.73 Å². The van der Waals surface area contributed by atoms with Crippen LogP contribution < -0.4 is 5.73 Å². The predicted octanol–water partition coefficient (Wildman–Crippen LogP) is 4.02. The average molecular weight is 386 g/mol. The zero-order valence-electron chi connectivity index (χ0n) is 15.4. The van der Waals surface area contributed by atoms with Crippen molar-refractivity contribution in [2.75, 3.05) is 13.2 Å². The van der Waals surface area contributed by atoms with Crippen LogP contribution in [0.25, 0.3) is 11.4 Å². The van der Waals surface area contributed by atoms with Gasteiger partial charge in [-0.25, -0.2) is 0 Å². The Bertz CT molecular complexity index is 869. The molecule has 1 aromatic heterocycles. The van der Waals surface area contributed by atoms with E-state index in [0.717, 1.165) is 24.0 Å². The molecule has 1 aliphatic heterocycles. The third kappa shape index (κ3) is 3.76. The molecule has 2 N–H and O–H groups in total. The van der Waals surface area contributed by atoms with Gasteiger partial charge < -0.3 is 15.0 Å². The summed E-state index contributed by atoms with van der Waals surface area (Å²) in [5.41, 5.74) is 9.85. The number of hydrogen-bond acceptors (Lipinski definition) is 5. The number of aromatic nitrogens is 2. The van der Waals surface area contributed by atoms with Crippen molar-refractivity contribution in [3.05, 3.63) is 71.1 Å². The summed E-state index contributed by atoms with van der Waals surface area (Å²) in [4.78, 5) is 4.77. The number of ether oxygens (including phenoxy) is 1. The topological polar surface area (TPSA) is 74.2 Å². The Labute approximate surface area is 165 Å². The minimum Gasteiger partial charge on any atom is -0.381 e. The fraction of sp³-hybridized carbons (Fsp3) is 0.333. The number of rotatable bonds is 4. The van der Waals surface area contributed by atoms with Gasteiger partial charge >= 0.3 is 0 Å². The fourth-order valence-corrected chi connectivity index (χ4v) is 3.54. The molecular weight excluding hydrogens is 362 g/mol. The van der Waals surface area contributed by atoms with E-state index in [2.05, 4.69) is 36.3 Å². The summed E-state index contributed by atoms with van der Waals surface area (Å²) >= 11 is 0. The first-order chi connectivity index (χ1) is 12.7. The number of halogens is 1. The molecule has 1 fully saturated rings. The largest absolute Gasteiger partial charge is 0.381 e. The van der Waals surface area contributed by atoms with Crippen LogP contribution in [0.4, 0.5) is 0 Å². The molecule has 0 unspecified atom stereocenters. The molecule has 0 aliphatic carbocycles. The van der Waals surface area contributed by atoms with E-state index in [1.807, 2.05) is 24.3 Å². The summed E-state index contributed by atoms with van der Waals surface area (Å²) in [5, 5.41) is 4.25. The second kappa shape index (κ2) is 8.21. The van der Waals surface area contributed by atoms with Gasteiger partial charge in [-0.05, 0) is 30.9 Å². The summed E-state index contributed by atoms with van der Waals surface area (Å²) < 4.78 is 11.4. The first-order valence-electron chi connectivity index (χ1n) is 9.00. The minimum atomic E-state index is -0.283. The zero-order valence-corrected chi connectivity index (χ0v) is 16.2. The lowest BCUT2D eigenvalue weighted by molar-refractivity contribution is 0.0523. The molecular formula is C21H24ClN3O2. The maximum absolute atomic E-state index is 5.76. The molecule has 142 valence electrons. The number of aryl methyl sites for hydroxylation is 1. The predicted molar refractivity (Wildman–Crippen MR) is 107 cm³/mol. The Morgan fingerprint density at radius 1 is 1.00 bits per heavy atom. The maximum atomic E-state index is 5.76. The van der Waals surface area contributed by atoms with Crippen LogP contribution in [-0.2, 0) is 16.7 Å².